The number of benzene rings is 1. The lowest BCUT2D eigenvalue weighted by molar-refractivity contribution is -0.136. The van der Waals surface area contributed by atoms with Crippen LogP contribution in [-0.4, -0.2) is 45.2 Å². The lowest BCUT2D eigenvalue weighted by atomic mass is 9.76. The summed E-state index contributed by atoms with van der Waals surface area (Å²) < 4.78 is 18.7. The summed E-state index contributed by atoms with van der Waals surface area (Å²) in [7, 11) is 3.07. The van der Waals surface area contributed by atoms with Gasteiger partial charge in [-0.3, -0.25) is 9.48 Å². The predicted octanol–water partition coefficient (Wildman–Crippen LogP) is 4.17. The number of aryl methyl sites for hydroxylation is 1. The van der Waals surface area contributed by atoms with Crippen molar-refractivity contribution in [2.75, 3.05) is 14.2 Å². The summed E-state index contributed by atoms with van der Waals surface area (Å²) in [5.41, 5.74) is 4.78. The number of ether oxygens (including phenoxy) is 2. The third kappa shape index (κ3) is 4.44. The number of aromatic nitrogens is 4. The Bertz CT molecular complexity index is 1150. The second-order valence-electron chi connectivity index (χ2n) is 9.11. The SMILES string of the molecule is CCn1nc(-c2noc(-c3cc(OC)c(CCC(=O)O)c(OC)c3)n2)c2c1CC(C)(C)CC2. The summed E-state index contributed by atoms with van der Waals surface area (Å²) in [6.45, 7) is 7.45. The Kier molecular flexibility index (Phi) is 6.14. The Morgan fingerprint density at radius 1 is 1.24 bits per heavy atom. The number of carboxylic acid groups (broad SMARTS) is 1. The van der Waals surface area contributed by atoms with Crippen molar-refractivity contribution in [3.8, 4) is 34.5 Å². The second kappa shape index (κ2) is 8.88. The maximum absolute atomic E-state index is 11.0. The number of aliphatic carboxylic acids is 1. The number of fused-ring (bicyclic) bond motifs is 1. The molecule has 0 fully saturated rings. The van der Waals surface area contributed by atoms with Gasteiger partial charge < -0.3 is 19.1 Å². The fraction of sp³-hybridized carbons (Fsp3) is 0.500. The van der Waals surface area contributed by atoms with Crippen LogP contribution in [0.5, 0.6) is 11.5 Å². The van der Waals surface area contributed by atoms with E-state index < -0.39 is 5.97 Å². The van der Waals surface area contributed by atoms with E-state index in [1.165, 1.54) is 25.5 Å². The molecular weight excluding hydrogens is 424 g/mol. The van der Waals surface area contributed by atoms with Crippen LogP contribution >= 0.6 is 0 Å². The summed E-state index contributed by atoms with van der Waals surface area (Å²) in [4.78, 5) is 15.7. The van der Waals surface area contributed by atoms with Crippen molar-refractivity contribution in [2.45, 2.75) is 59.4 Å². The van der Waals surface area contributed by atoms with Crippen LogP contribution < -0.4 is 9.47 Å². The molecule has 1 N–H and O–H groups in total. The lowest BCUT2D eigenvalue weighted by Crippen LogP contribution is -2.24. The normalized spacial score (nSPS) is 14.7. The van der Waals surface area contributed by atoms with Crippen LogP contribution in [0.4, 0.5) is 0 Å². The molecule has 3 aromatic rings. The molecule has 1 aliphatic rings. The molecule has 0 amide bonds. The van der Waals surface area contributed by atoms with Crippen molar-refractivity contribution in [3.05, 3.63) is 29.0 Å². The average Bonchev–Trinajstić information content (AvgIpc) is 3.40. The van der Waals surface area contributed by atoms with Gasteiger partial charge in [-0.15, -0.1) is 0 Å². The Morgan fingerprint density at radius 3 is 2.55 bits per heavy atom. The summed E-state index contributed by atoms with van der Waals surface area (Å²) in [5.74, 6) is 0.923. The minimum atomic E-state index is -0.886. The van der Waals surface area contributed by atoms with Crippen LogP contribution in [-0.2, 0) is 30.6 Å². The highest BCUT2D eigenvalue weighted by molar-refractivity contribution is 5.69. The molecule has 1 aliphatic carbocycles. The number of hydrogen-bond donors (Lipinski definition) is 1. The molecule has 0 radical (unpaired) electrons. The number of methoxy groups -OCH3 is 2. The maximum atomic E-state index is 11.0. The Labute approximate surface area is 192 Å². The number of hydrogen-bond acceptors (Lipinski definition) is 7. The third-order valence-electron chi connectivity index (χ3n) is 6.25. The number of carbonyl (C=O) groups is 1. The number of nitrogens with zero attached hydrogens (tertiary/aromatic N) is 4. The van der Waals surface area contributed by atoms with Gasteiger partial charge in [0.15, 0.2) is 0 Å². The quantitative estimate of drug-likeness (QED) is 0.540. The summed E-state index contributed by atoms with van der Waals surface area (Å²) >= 11 is 0. The summed E-state index contributed by atoms with van der Waals surface area (Å²) in [5, 5.41) is 18.1. The molecule has 2 heterocycles. The molecule has 1 aromatic carbocycles. The Balaban J connectivity index is 1.71. The minimum Gasteiger partial charge on any atom is -0.496 e. The van der Waals surface area contributed by atoms with E-state index in [0.29, 0.717) is 34.3 Å². The molecule has 9 heteroatoms. The monoisotopic (exact) mass is 454 g/mol. The molecule has 0 spiro atoms. The smallest absolute Gasteiger partial charge is 0.303 e. The molecule has 0 unspecified atom stereocenters. The van der Waals surface area contributed by atoms with Crippen LogP contribution in [0, 0.1) is 5.41 Å². The highest BCUT2D eigenvalue weighted by Crippen LogP contribution is 2.40. The molecule has 9 nitrogen and oxygen atoms in total. The zero-order chi connectivity index (χ0) is 23.8. The topological polar surface area (TPSA) is 113 Å². The molecule has 2 aromatic heterocycles. The minimum absolute atomic E-state index is 0.0290. The van der Waals surface area contributed by atoms with Crippen molar-refractivity contribution in [3.63, 3.8) is 0 Å². The van der Waals surface area contributed by atoms with Crippen LogP contribution in [0.25, 0.3) is 23.0 Å². The highest BCUT2D eigenvalue weighted by Gasteiger charge is 2.32. The largest absolute Gasteiger partial charge is 0.496 e. The van der Waals surface area contributed by atoms with Crippen molar-refractivity contribution in [1.29, 1.82) is 0 Å². The molecule has 33 heavy (non-hydrogen) atoms. The fourth-order valence-corrected chi connectivity index (χ4v) is 4.46. The van der Waals surface area contributed by atoms with Crippen LogP contribution in [0.15, 0.2) is 16.7 Å². The molecule has 176 valence electrons. The van der Waals surface area contributed by atoms with Gasteiger partial charge in [-0.05, 0) is 50.2 Å². The van der Waals surface area contributed by atoms with E-state index in [2.05, 4.69) is 30.9 Å². The first kappa shape index (κ1) is 22.8. The van der Waals surface area contributed by atoms with Gasteiger partial charge >= 0.3 is 5.97 Å². The van der Waals surface area contributed by atoms with E-state index in [-0.39, 0.29) is 18.3 Å². The molecule has 4 rings (SSSR count). The maximum Gasteiger partial charge on any atom is 0.303 e. The number of carboxylic acids is 1. The van der Waals surface area contributed by atoms with Crippen molar-refractivity contribution < 1.29 is 23.9 Å². The lowest BCUT2D eigenvalue weighted by Gasteiger charge is -2.30. The third-order valence-corrected chi connectivity index (χ3v) is 6.25. The zero-order valence-electron chi connectivity index (χ0n) is 19.8. The molecular formula is C24H30N4O5. The predicted molar refractivity (Wildman–Crippen MR) is 121 cm³/mol. The molecule has 0 saturated carbocycles. The summed E-state index contributed by atoms with van der Waals surface area (Å²) in [6, 6.07) is 3.53. The molecule has 0 saturated heterocycles. The van der Waals surface area contributed by atoms with Gasteiger partial charge in [-0.1, -0.05) is 19.0 Å². The van der Waals surface area contributed by atoms with E-state index in [9.17, 15) is 4.79 Å². The first-order chi connectivity index (χ1) is 15.8. The zero-order valence-corrected chi connectivity index (χ0v) is 19.8. The van der Waals surface area contributed by atoms with E-state index >= 15 is 0 Å². The van der Waals surface area contributed by atoms with Crippen LogP contribution in [0.1, 0.15) is 50.4 Å². The fourth-order valence-electron chi connectivity index (χ4n) is 4.46. The standard InChI is InChI=1S/C24H30N4O5/c1-6-28-17-13-24(2,3)10-9-15(17)21(26-28)22-25-23(33-27-22)14-11-18(31-4)16(7-8-20(29)30)19(12-14)32-5/h11-12H,6-10,13H2,1-5H3,(H,29,30). The van der Waals surface area contributed by atoms with E-state index in [1.807, 2.05) is 4.68 Å². The van der Waals surface area contributed by atoms with Crippen molar-refractivity contribution >= 4 is 5.97 Å². The van der Waals surface area contributed by atoms with Crippen molar-refractivity contribution in [1.82, 2.24) is 19.9 Å². The van der Waals surface area contributed by atoms with Gasteiger partial charge in [-0.2, -0.15) is 10.1 Å². The van der Waals surface area contributed by atoms with E-state index in [1.54, 1.807) is 12.1 Å². The van der Waals surface area contributed by atoms with Crippen LogP contribution in [0.2, 0.25) is 0 Å². The second-order valence-corrected chi connectivity index (χ2v) is 9.11. The number of rotatable bonds is 8. The van der Waals surface area contributed by atoms with Gasteiger partial charge in [0, 0.05) is 35.3 Å². The Hall–Kier alpha value is -3.36. The van der Waals surface area contributed by atoms with Crippen LogP contribution in [0.3, 0.4) is 0 Å². The van der Waals surface area contributed by atoms with Gasteiger partial charge in [-0.25, -0.2) is 0 Å². The molecule has 0 atom stereocenters. The van der Waals surface area contributed by atoms with E-state index in [4.69, 9.17) is 24.2 Å². The average molecular weight is 455 g/mol. The van der Waals surface area contributed by atoms with Crippen molar-refractivity contribution in [2.24, 2.45) is 5.41 Å². The first-order valence-electron chi connectivity index (χ1n) is 11.2. The van der Waals surface area contributed by atoms with Gasteiger partial charge in [0.1, 0.15) is 17.2 Å². The van der Waals surface area contributed by atoms with E-state index in [0.717, 1.165) is 31.5 Å². The summed E-state index contributed by atoms with van der Waals surface area (Å²) in [6.07, 6.45) is 3.24. The Morgan fingerprint density at radius 2 is 1.94 bits per heavy atom. The van der Waals surface area contributed by atoms with Gasteiger partial charge in [0.2, 0.25) is 5.82 Å². The van der Waals surface area contributed by atoms with Gasteiger partial charge in [0.25, 0.3) is 5.89 Å². The first-order valence-corrected chi connectivity index (χ1v) is 11.2. The molecule has 0 bridgehead atoms. The van der Waals surface area contributed by atoms with Gasteiger partial charge in [0.05, 0.1) is 14.2 Å². The molecule has 0 aliphatic heterocycles. The highest BCUT2D eigenvalue weighted by atomic mass is 16.5.